The van der Waals surface area contributed by atoms with Gasteiger partial charge in [0.2, 0.25) is 5.91 Å². The number of nitrogens with one attached hydrogen (secondary N) is 1. The van der Waals surface area contributed by atoms with Crippen molar-refractivity contribution in [3.8, 4) is 17.0 Å². The van der Waals surface area contributed by atoms with Gasteiger partial charge in [-0.1, -0.05) is 30.3 Å². The smallest absolute Gasteiger partial charge is 0.261 e. The topological polar surface area (TPSA) is 94.7 Å². The average molecular weight is 565 g/mol. The second-order valence-electron chi connectivity index (χ2n) is 11.1. The van der Waals surface area contributed by atoms with E-state index in [1.165, 1.54) is 12.1 Å². The third kappa shape index (κ3) is 4.30. The van der Waals surface area contributed by atoms with E-state index in [9.17, 15) is 9.59 Å². The van der Waals surface area contributed by atoms with Crippen molar-refractivity contribution < 1.29 is 18.7 Å². The number of aromatic amines is 1. The van der Waals surface area contributed by atoms with Gasteiger partial charge in [0.05, 0.1) is 11.7 Å². The number of fused-ring (bicyclic) bond motifs is 2. The van der Waals surface area contributed by atoms with Crippen LogP contribution in [0.15, 0.2) is 49.2 Å². The van der Waals surface area contributed by atoms with Crippen LogP contribution < -0.4 is 9.64 Å². The zero-order valence-corrected chi connectivity index (χ0v) is 23.1. The van der Waals surface area contributed by atoms with E-state index < -0.39 is 11.4 Å². The number of H-pyrrole nitrogens is 1. The summed E-state index contributed by atoms with van der Waals surface area (Å²) in [5.74, 6) is -0.236. The molecule has 208 valence electrons. The number of hydrogen-bond donors (Lipinski definition) is 1. The fourth-order valence-corrected chi connectivity index (χ4v) is 6.42. The van der Waals surface area contributed by atoms with E-state index in [0.29, 0.717) is 32.0 Å². The number of piperazine rings is 1. The van der Waals surface area contributed by atoms with Gasteiger partial charge in [0.15, 0.2) is 5.75 Å². The van der Waals surface area contributed by atoms with Crippen LogP contribution in [0.1, 0.15) is 42.2 Å². The number of benzene rings is 1. The highest BCUT2D eigenvalue weighted by Gasteiger charge is 2.46. The molecule has 5 heterocycles. The summed E-state index contributed by atoms with van der Waals surface area (Å²) in [6.45, 7) is 9.48. The minimum absolute atomic E-state index is 0.0817. The number of carbonyl (C=O) groups is 2. The van der Waals surface area contributed by atoms with Gasteiger partial charge in [-0.25, -0.2) is 9.37 Å². The fourth-order valence-electron chi connectivity index (χ4n) is 6.12. The molecule has 6 rings (SSSR count). The molecule has 1 aromatic carbocycles. The zero-order valence-electron chi connectivity index (χ0n) is 22.4. The number of anilines is 1. The molecule has 1 unspecified atom stereocenters. The van der Waals surface area contributed by atoms with Crippen LogP contribution in [0, 0.1) is 5.82 Å². The molecular weight excluding hydrogens is 535 g/mol. The molecule has 0 radical (unpaired) electrons. The average Bonchev–Trinajstić information content (AvgIpc) is 3.56. The quantitative estimate of drug-likeness (QED) is 0.476. The van der Waals surface area contributed by atoms with Crippen LogP contribution in [-0.2, 0) is 4.79 Å². The molecular formula is C29H30ClFN6O3. The maximum atomic E-state index is 15.1. The lowest BCUT2D eigenvalue weighted by molar-refractivity contribution is -0.128. The predicted octanol–water partition coefficient (Wildman–Crippen LogP) is 4.27. The molecule has 9 nitrogen and oxygen atoms in total. The van der Waals surface area contributed by atoms with Gasteiger partial charge in [0.1, 0.15) is 28.8 Å². The van der Waals surface area contributed by atoms with Crippen molar-refractivity contribution in [2.45, 2.75) is 37.8 Å². The van der Waals surface area contributed by atoms with E-state index >= 15 is 4.39 Å². The molecule has 11 heteroatoms. The summed E-state index contributed by atoms with van der Waals surface area (Å²) >= 11 is 6.90. The van der Waals surface area contributed by atoms with E-state index in [1.807, 2.05) is 6.07 Å². The molecule has 2 saturated heterocycles. The second-order valence-corrected chi connectivity index (χ2v) is 11.4. The van der Waals surface area contributed by atoms with Crippen LogP contribution in [0.3, 0.4) is 0 Å². The van der Waals surface area contributed by atoms with Gasteiger partial charge < -0.3 is 19.4 Å². The Kier molecular flexibility index (Phi) is 6.53. The fraction of sp³-hybridized carbons (Fsp3) is 0.379. The molecule has 0 saturated carbocycles. The highest BCUT2D eigenvalue weighted by atomic mass is 35.5. The van der Waals surface area contributed by atoms with Crippen LogP contribution in [0.25, 0.3) is 11.3 Å². The zero-order chi connectivity index (χ0) is 28.2. The number of carbonyl (C=O) groups excluding carboxylic acids is 2. The van der Waals surface area contributed by atoms with Crippen molar-refractivity contribution in [2.75, 3.05) is 37.7 Å². The van der Waals surface area contributed by atoms with Crippen LogP contribution in [-0.4, -0.2) is 81.2 Å². The van der Waals surface area contributed by atoms with Crippen molar-refractivity contribution in [3.05, 3.63) is 71.3 Å². The summed E-state index contributed by atoms with van der Waals surface area (Å²) in [5.41, 5.74) is 1.28. The predicted molar refractivity (Wildman–Crippen MR) is 149 cm³/mol. The number of hydrogen-bond acceptors (Lipinski definition) is 6. The van der Waals surface area contributed by atoms with Gasteiger partial charge in [0.25, 0.3) is 5.91 Å². The Balaban J connectivity index is 1.50. The molecule has 40 heavy (non-hydrogen) atoms. The number of amides is 2. The first-order valence-electron chi connectivity index (χ1n) is 13.3. The van der Waals surface area contributed by atoms with Gasteiger partial charge >= 0.3 is 0 Å². The number of pyridine rings is 1. The van der Waals surface area contributed by atoms with Gasteiger partial charge in [-0.05, 0) is 44.5 Å². The second kappa shape index (κ2) is 9.92. The van der Waals surface area contributed by atoms with Gasteiger partial charge in [-0.3, -0.25) is 14.7 Å². The van der Waals surface area contributed by atoms with Crippen molar-refractivity contribution in [3.63, 3.8) is 0 Å². The first kappa shape index (κ1) is 26.3. The molecule has 2 atom stereocenters. The van der Waals surface area contributed by atoms with Crippen LogP contribution in [0.2, 0.25) is 5.02 Å². The lowest BCUT2D eigenvalue weighted by atomic mass is 9.94. The minimum atomic E-state index is -0.477. The Morgan fingerprint density at radius 3 is 2.77 bits per heavy atom. The van der Waals surface area contributed by atoms with Crippen molar-refractivity contribution in [1.29, 1.82) is 0 Å². The monoisotopic (exact) mass is 564 g/mol. The highest BCUT2D eigenvalue weighted by molar-refractivity contribution is 6.35. The standard InChI is InChI=1S/C29H30ClFN6O3/c1-4-22(38)35-11-12-36-18(15-35)16-40-26-23(28(36)39)27(33-25(24(26)30)19-7-5-6-8-20(19)31)37-14-17(13-29(37,2)3)21-9-10-32-34-21/h4-10,17-18H,1,11-16H2,2-3H3,(H,32,34)/t17?,18-/m1/s1. The molecule has 3 aliphatic rings. The third-order valence-corrected chi connectivity index (χ3v) is 8.52. The summed E-state index contributed by atoms with van der Waals surface area (Å²) in [6, 6.07) is 7.85. The van der Waals surface area contributed by atoms with E-state index in [4.69, 9.17) is 21.3 Å². The van der Waals surface area contributed by atoms with Crippen molar-refractivity contribution in [1.82, 2.24) is 25.0 Å². The largest absolute Gasteiger partial charge is 0.489 e. The van der Waals surface area contributed by atoms with Crippen molar-refractivity contribution in [2.24, 2.45) is 0 Å². The highest BCUT2D eigenvalue weighted by Crippen LogP contribution is 2.48. The molecule has 2 fully saturated rings. The molecule has 2 amide bonds. The third-order valence-electron chi connectivity index (χ3n) is 8.17. The maximum absolute atomic E-state index is 15.1. The van der Waals surface area contributed by atoms with E-state index in [1.54, 1.807) is 34.2 Å². The summed E-state index contributed by atoms with van der Waals surface area (Å²) in [6.07, 6.45) is 3.78. The first-order valence-corrected chi connectivity index (χ1v) is 13.7. The number of nitrogens with zero attached hydrogens (tertiary/aromatic N) is 5. The summed E-state index contributed by atoms with van der Waals surface area (Å²) < 4.78 is 21.3. The SMILES string of the molecule is C=CC(=O)N1CCN2C(=O)c3c(N4CC(c5ccn[nH]5)CC4(C)C)nc(-c4ccccc4F)c(Cl)c3OC[C@H]2C1. The molecule has 3 aromatic rings. The van der Waals surface area contributed by atoms with Gasteiger partial charge in [-0.2, -0.15) is 5.10 Å². The molecule has 0 bridgehead atoms. The van der Waals surface area contributed by atoms with Crippen LogP contribution in [0.4, 0.5) is 10.2 Å². The molecule has 0 aliphatic carbocycles. The summed E-state index contributed by atoms with van der Waals surface area (Å²) in [4.78, 5) is 37.0. The lowest BCUT2D eigenvalue weighted by Crippen LogP contribution is -2.57. The van der Waals surface area contributed by atoms with E-state index in [2.05, 4.69) is 35.5 Å². The van der Waals surface area contributed by atoms with Crippen LogP contribution >= 0.6 is 11.6 Å². The van der Waals surface area contributed by atoms with Crippen LogP contribution in [0.5, 0.6) is 5.75 Å². The Hall–Kier alpha value is -3.92. The van der Waals surface area contributed by atoms with Crippen molar-refractivity contribution >= 4 is 29.2 Å². The van der Waals surface area contributed by atoms with E-state index in [0.717, 1.165) is 12.1 Å². The maximum Gasteiger partial charge on any atom is 0.261 e. The first-order chi connectivity index (χ1) is 19.2. The normalized spacial score (nSPS) is 21.9. The molecule has 2 aromatic heterocycles. The molecule has 1 N–H and O–H groups in total. The summed E-state index contributed by atoms with van der Waals surface area (Å²) in [5, 5.41) is 7.27. The van der Waals surface area contributed by atoms with E-state index in [-0.39, 0.29) is 58.0 Å². The molecule has 3 aliphatic heterocycles. The molecule has 0 spiro atoms. The lowest BCUT2D eigenvalue weighted by Gasteiger charge is -2.40. The van der Waals surface area contributed by atoms with Gasteiger partial charge in [-0.15, -0.1) is 0 Å². The summed E-state index contributed by atoms with van der Waals surface area (Å²) in [7, 11) is 0. The Labute approximate surface area is 236 Å². The Morgan fingerprint density at radius 2 is 2.05 bits per heavy atom. The number of halogens is 2. The Morgan fingerprint density at radius 1 is 1.25 bits per heavy atom. The number of ether oxygens (including phenoxy) is 1. The minimum Gasteiger partial charge on any atom is -0.489 e. The Bertz CT molecular complexity index is 1490. The number of rotatable bonds is 4. The van der Waals surface area contributed by atoms with Gasteiger partial charge in [0, 0.05) is 55.1 Å². The number of aromatic nitrogens is 3.